The molecule has 0 bridgehead atoms. The average Bonchev–Trinajstić information content (AvgIpc) is 2.80. The predicted molar refractivity (Wildman–Crippen MR) is 79.4 cm³/mol. The van der Waals surface area contributed by atoms with Crippen molar-refractivity contribution >= 4 is 28.4 Å². The highest BCUT2D eigenvalue weighted by Gasteiger charge is 2.33. The molecule has 2 rings (SSSR count). The number of benzene rings is 1. The molecule has 1 aromatic rings. The van der Waals surface area contributed by atoms with Crippen LogP contribution in [0.4, 0.5) is 0 Å². The Labute approximate surface area is 118 Å². The topological polar surface area (TPSA) is 21.6 Å². The van der Waals surface area contributed by atoms with E-state index in [0.717, 1.165) is 23.6 Å². The number of nitrogens with zero attached hydrogens (tertiary/aromatic N) is 1. The van der Waals surface area contributed by atoms with Gasteiger partial charge in [0.05, 0.1) is 5.88 Å². The smallest absolute Gasteiger partial charge is 0.154 e. The zero-order valence-corrected chi connectivity index (χ0v) is 12.4. The Morgan fingerprint density at radius 2 is 2.00 bits per heavy atom. The fraction of sp³-hybridized carbons (Fsp3) is 0.500. The van der Waals surface area contributed by atoms with Crippen LogP contribution in [0.5, 0.6) is 0 Å². The SMILES string of the molecule is CCc1ccc(CSC2=NOC(C)(CCl)C2)cc1. The van der Waals surface area contributed by atoms with Gasteiger partial charge in [-0.15, -0.1) is 23.4 Å². The number of hydrogen-bond donors (Lipinski definition) is 0. The minimum absolute atomic E-state index is 0.310. The second-order valence-electron chi connectivity index (χ2n) is 4.80. The molecule has 0 aromatic heterocycles. The molecule has 0 radical (unpaired) electrons. The molecule has 0 saturated carbocycles. The van der Waals surface area contributed by atoms with Crippen molar-refractivity contribution in [3.8, 4) is 0 Å². The van der Waals surface area contributed by atoms with Crippen LogP contribution < -0.4 is 0 Å². The summed E-state index contributed by atoms with van der Waals surface area (Å²) in [7, 11) is 0. The first-order valence-electron chi connectivity index (χ1n) is 6.17. The van der Waals surface area contributed by atoms with Crippen molar-refractivity contribution in [1.82, 2.24) is 0 Å². The maximum atomic E-state index is 5.86. The van der Waals surface area contributed by atoms with Crippen molar-refractivity contribution in [2.75, 3.05) is 5.88 Å². The molecule has 0 saturated heterocycles. The van der Waals surface area contributed by atoms with Crippen LogP contribution in [0.25, 0.3) is 0 Å². The van der Waals surface area contributed by atoms with E-state index < -0.39 is 0 Å². The number of oxime groups is 1. The molecule has 2 nitrogen and oxygen atoms in total. The lowest BCUT2D eigenvalue weighted by atomic mass is 10.1. The minimum atomic E-state index is -0.310. The van der Waals surface area contributed by atoms with Gasteiger partial charge in [-0.05, 0) is 24.5 Å². The molecule has 1 unspecified atom stereocenters. The first-order chi connectivity index (χ1) is 8.65. The van der Waals surface area contributed by atoms with Gasteiger partial charge in [0, 0.05) is 12.2 Å². The molecule has 4 heteroatoms. The first-order valence-corrected chi connectivity index (χ1v) is 7.69. The number of rotatable bonds is 4. The van der Waals surface area contributed by atoms with E-state index in [9.17, 15) is 0 Å². The van der Waals surface area contributed by atoms with Gasteiger partial charge in [-0.25, -0.2) is 0 Å². The molecule has 1 atom stereocenters. The van der Waals surface area contributed by atoms with E-state index >= 15 is 0 Å². The molecule has 1 heterocycles. The molecular weight excluding hydrogens is 266 g/mol. The van der Waals surface area contributed by atoms with Gasteiger partial charge in [0.15, 0.2) is 5.60 Å². The Bertz CT molecular complexity index is 432. The lowest BCUT2D eigenvalue weighted by Gasteiger charge is -2.16. The third-order valence-electron chi connectivity index (χ3n) is 3.01. The van der Waals surface area contributed by atoms with E-state index in [0.29, 0.717) is 5.88 Å². The highest BCUT2D eigenvalue weighted by molar-refractivity contribution is 8.13. The molecule has 18 heavy (non-hydrogen) atoms. The summed E-state index contributed by atoms with van der Waals surface area (Å²) in [5, 5.41) is 5.14. The molecule has 98 valence electrons. The lowest BCUT2D eigenvalue weighted by molar-refractivity contribution is 0.0152. The zero-order chi connectivity index (χ0) is 13.0. The average molecular weight is 284 g/mol. The summed E-state index contributed by atoms with van der Waals surface area (Å²) in [6.45, 7) is 4.16. The summed E-state index contributed by atoms with van der Waals surface area (Å²) in [6, 6.07) is 8.74. The standard InChI is InChI=1S/C14H18ClNOS/c1-3-11-4-6-12(7-5-11)9-18-13-8-14(2,10-15)17-16-13/h4-7H,3,8-10H2,1-2H3. The van der Waals surface area contributed by atoms with Gasteiger partial charge in [-0.2, -0.15) is 0 Å². The molecular formula is C14H18ClNOS. The summed E-state index contributed by atoms with van der Waals surface area (Å²) in [5.41, 5.74) is 2.38. The van der Waals surface area contributed by atoms with Crippen molar-refractivity contribution in [3.05, 3.63) is 35.4 Å². The number of aryl methyl sites for hydroxylation is 1. The highest BCUT2D eigenvalue weighted by Crippen LogP contribution is 2.30. The Balaban J connectivity index is 1.85. The summed E-state index contributed by atoms with van der Waals surface area (Å²) < 4.78 is 0. The second-order valence-corrected chi connectivity index (χ2v) is 6.11. The monoisotopic (exact) mass is 283 g/mol. The largest absolute Gasteiger partial charge is 0.387 e. The van der Waals surface area contributed by atoms with E-state index in [1.54, 1.807) is 11.8 Å². The van der Waals surface area contributed by atoms with Crippen LogP contribution in [0.3, 0.4) is 0 Å². The van der Waals surface area contributed by atoms with Crippen LogP contribution >= 0.6 is 23.4 Å². The Kier molecular flexibility index (Phi) is 4.57. The predicted octanol–water partition coefficient (Wildman–Crippen LogP) is 4.21. The molecule has 0 spiro atoms. The molecule has 0 amide bonds. The van der Waals surface area contributed by atoms with Gasteiger partial charge in [0.25, 0.3) is 0 Å². The third-order valence-corrected chi connectivity index (χ3v) is 4.61. The van der Waals surface area contributed by atoms with E-state index in [1.807, 2.05) is 6.92 Å². The van der Waals surface area contributed by atoms with Gasteiger partial charge in [0.2, 0.25) is 0 Å². The van der Waals surface area contributed by atoms with Crippen molar-refractivity contribution < 1.29 is 4.84 Å². The normalized spacial score (nSPS) is 22.7. The number of hydrogen-bond acceptors (Lipinski definition) is 3. The molecule has 1 aliphatic rings. The maximum absolute atomic E-state index is 5.86. The van der Waals surface area contributed by atoms with Gasteiger partial charge >= 0.3 is 0 Å². The van der Waals surface area contributed by atoms with E-state index in [4.69, 9.17) is 16.4 Å². The first kappa shape index (κ1) is 13.8. The van der Waals surface area contributed by atoms with Crippen molar-refractivity contribution in [2.24, 2.45) is 5.16 Å². The minimum Gasteiger partial charge on any atom is -0.387 e. The van der Waals surface area contributed by atoms with Gasteiger partial charge in [0.1, 0.15) is 5.04 Å². The van der Waals surface area contributed by atoms with Crippen molar-refractivity contribution in [1.29, 1.82) is 0 Å². The Morgan fingerprint density at radius 3 is 2.56 bits per heavy atom. The van der Waals surface area contributed by atoms with E-state index in [-0.39, 0.29) is 5.60 Å². The van der Waals surface area contributed by atoms with Gasteiger partial charge in [-0.3, -0.25) is 0 Å². The third kappa shape index (κ3) is 3.42. The molecule has 1 aliphatic heterocycles. The van der Waals surface area contributed by atoms with E-state index in [2.05, 4.69) is 36.3 Å². The number of halogens is 1. The number of alkyl halides is 1. The lowest BCUT2D eigenvalue weighted by Crippen LogP contribution is -2.26. The Morgan fingerprint density at radius 1 is 1.33 bits per heavy atom. The Hall–Kier alpha value is -0.670. The summed E-state index contributed by atoms with van der Waals surface area (Å²) >= 11 is 7.59. The highest BCUT2D eigenvalue weighted by atomic mass is 35.5. The summed E-state index contributed by atoms with van der Waals surface area (Å²) in [5.74, 6) is 1.41. The van der Waals surface area contributed by atoms with Gasteiger partial charge < -0.3 is 4.84 Å². The van der Waals surface area contributed by atoms with E-state index in [1.165, 1.54) is 11.1 Å². The molecule has 0 aliphatic carbocycles. The molecule has 0 N–H and O–H groups in total. The second kappa shape index (κ2) is 5.98. The summed E-state index contributed by atoms with van der Waals surface area (Å²) in [4.78, 5) is 5.36. The molecule has 1 aromatic carbocycles. The summed E-state index contributed by atoms with van der Waals surface area (Å²) in [6.07, 6.45) is 1.90. The molecule has 0 fully saturated rings. The zero-order valence-electron chi connectivity index (χ0n) is 10.8. The quantitative estimate of drug-likeness (QED) is 0.772. The van der Waals surface area contributed by atoms with Crippen LogP contribution in [0.15, 0.2) is 29.4 Å². The van der Waals surface area contributed by atoms with Crippen LogP contribution in [-0.4, -0.2) is 16.5 Å². The van der Waals surface area contributed by atoms with Crippen LogP contribution in [0, 0.1) is 0 Å². The van der Waals surface area contributed by atoms with Crippen LogP contribution in [0.2, 0.25) is 0 Å². The fourth-order valence-corrected chi connectivity index (χ4v) is 2.90. The van der Waals surface area contributed by atoms with Crippen molar-refractivity contribution in [3.63, 3.8) is 0 Å². The number of thioether (sulfide) groups is 1. The van der Waals surface area contributed by atoms with Crippen LogP contribution in [0.1, 0.15) is 31.4 Å². The fourth-order valence-electron chi connectivity index (χ4n) is 1.73. The van der Waals surface area contributed by atoms with Crippen LogP contribution in [-0.2, 0) is 17.0 Å². The maximum Gasteiger partial charge on any atom is 0.154 e. The van der Waals surface area contributed by atoms with Gasteiger partial charge in [-0.1, -0.05) is 36.3 Å². The van der Waals surface area contributed by atoms with Crippen molar-refractivity contribution in [2.45, 2.75) is 38.0 Å².